The second-order valence-electron chi connectivity index (χ2n) is 6.88. The zero-order chi connectivity index (χ0) is 20.4. The highest BCUT2D eigenvalue weighted by Crippen LogP contribution is 2.31. The lowest BCUT2D eigenvalue weighted by atomic mass is 9.96. The second kappa shape index (κ2) is 7.98. The van der Waals surface area contributed by atoms with Crippen molar-refractivity contribution < 1.29 is 22.8 Å². The number of nitrogens with zero attached hydrogens (tertiary/aromatic N) is 3. The van der Waals surface area contributed by atoms with E-state index in [-0.39, 0.29) is 17.4 Å². The molecule has 6 nitrogen and oxygen atoms in total. The third-order valence-corrected chi connectivity index (χ3v) is 5.02. The summed E-state index contributed by atoms with van der Waals surface area (Å²) >= 11 is 0. The van der Waals surface area contributed by atoms with E-state index in [0.29, 0.717) is 36.1 Å². The summed E-state index contributed by atoms with van der Waals surface area (Å²) in [6, 6.07) is 10.5. The number of methoxy groups -OCH3 is 1. The molecule has 1 unspecified atom stereocenters. The van der Waals surface area contributed by atoms with Crippen molar-refractivity contribution in [2.45, 2.75) is 18.8 Å². The monoisotopic (exact) mass is 399 g/mol. The van der Waals surface area contributed by atoms with Gasteiger partial charge in [-0.15, -0.1) is 0 Å². The van der Waals surface area contributed by atoms with Crippen LogP contribution in [0.25, 0.3) is 11.5 Å². The number of hydrogen-bond donors (Lipinski definition) is 0. The van der Waals surface area contributed by atoms with E-state index in [4.69, 9.17) is 9.26 Å². The molecule has 0 radical (unpaired) electrons. The first-order chi connectivity index (χ1) is 14.1. The molecule has 0 saturated carbocycles. The smallest absolute Gasteiger partial charge is 0.261 e. The van der Waals surface area contributed by atoms with E-state index in [9.17, 15) is 13.6 Å². The molecule has 8 heteroatoms. The molecular weight excluding hydrogens is 380 g/mol. The van der Waals surface area contributed by atoms with Crippen LogP contribution < -0.4 is 4.74 Å². The zero-order valence-electron chi connectivity index (χ0n) is 15.8. The highest BCUT2D eigenvalue weighted by Gasteiger charge is 2.29. The van der Waals surface area contributed by atoms with Crippen LogP contribution in [0.3, 0.4) is 0 Å². The molecule has 4 rings (SSSR count). The molecule has 1 aliphatic rings. The van der Waals surface area contributed by atoms with Crippen LogP contribution in [-0.4, -0.2) is 41.1 Å². The average Bonchev–Trinajstić information content (AvgIpc) is 3.25. The minimum Gasteiger partial charge on any atom is -0.496 e. The van der Waals surface area contributed by atoms with Gasteiger partial charge in [-0.1, -0.05) is 17.3 Å². The Kier molecular flexibility index (Phi) is 5.24. The number of aromatic nitrogens is 2. The van der Waals surface area contributed by atoms with E-state index in [1.165, 1.54) is 6.07 Å². The maximum Gasteiger partial charge on any atom is 0.261 e. The molecule has 1 saturated heterocycles. The third-order valence-electron chi connectivity index (χ3n) is 5.02. The van der Waals surface area contributed by atoms with E-state index < -0.39 is 11.6 Å². The molecule has 0 aliphatic carbocycles. The summed E-state index contributed by atoms with van der Waals surface area (Å²) in [4.78, 5) is 18.8. The molecule has 150 valence electrons. The number of para-hydroxylation sites is 1. The average molecular weight is 399 g/mol. The highest BCUT2D eigenvalue weighted by molar-refractivity contribution is 5.94. The summed E-state index contributed by atoms with van der Waals surface area (Å²) in [7, 11) is 1.57. The lowest BCUT2D eigenvalue weighted by Crippen LogP contribution is -2.39. The fourth-order valence-electron chi connectivity index (χ4n) is 3.52. The molecule has 1 fully saturated rings. The summed E-state index contributed by atoms with van der Waals surface area (Å²) in [5.74, 6) is -0.985. The number of hydrogen-bond acceptors (Lipinski definition) is 5. The Morgan fingerprint density at radius 2 is 2.03 bits per heavy atom. The van der Waals surface area contributed by atoms with Crippen LogP contribution in [0.15, 0.2) is 47.0 Å². The second-order valence-corrected chi connectivity index (χ2v) is 6.88. The summed E-state index contributed by atoms with van der Waals surface area (Å²) in [5, 5.41) is 4.09. The van der Waals surface area contributed by atoms with Gasteiger partial charge in [0.05, 0.1) is 12.7 Å². The highest BCUT2D eigenvalue weighted by atomic mass is 19.2. The van der Waals surface area contributed by atoms with Gasteiger partial charge in [0.15, 0.2) is 17.5 Å². The van der Waals surface area contributed by atoms with Crippen LogP contribution in [0.1, 0.15) is 34.9 Å². The lowest BCUT2D eigenvalue weighted by molar-refractivity contribution is 0.0703. The summed E-state index contributed by atoms with van der Waals surface area (Å²) in [6.07, 6.45) is 1.55. The Bertz CT molecular complexity index is 1040. The zero-order valence-corrected chi connectivity index (χ0v) is 15.8. The quantitative estimate of drug-likeness (QED) is 0.662. The number of rotatable bonds is 4. The van der Waals surface area contributed by atoms with Gasteiger partial charge in [-0.25, -0.2) is 8.78 Å². The fraction of sp³-hybridized carbons (Fsp3) is 0.286. The van der Waals surface area contributed by atoms with E-state index in [1.807, 2.05) is 24.3 Å². The first-order valence-electron chi connectivity index (χ1n) is 9.28. The molecular formula is C21H19F2N3O3. The molecule has 2 heterocycles. The fourth-order valence-corrected chi connectivity index (χ4v) is 3.52. The molecule has 0 bridgehead atoms. The number of piperidine rings is 1. The number of carbonyl (C=O) groups excluding carboxylic acids is 1. The lowest BCUT2D eigenvalue weighted by Gasteiger charge is -2.31. The molecule has 2 aromatic carbocycles. The van der Waals surface area contributed by atoms with E-state index in [0.717, 1.165) is 25.0 Å². The van der Waals surface area contributed by atoms with Crippen LogP contribution in [-0.2, 0) is 0 Å². The number of benzene rings is 2. The van der Waals surface area contributed by atoms with E-state index >= 15 is 0 Å². The van der Waals surface area contributed by atoms with Gasteiger partial charge in [0.2, 0.25) is 0 Å². The molecule has 1 aromatic heterocycles. The Hall–Kier alpha value is -3.29. The van der Waals surface area contributed by atoms with Crippen LogP contribution >= 0.6 is 0 Å². The number of amides is 1. The minimum absolute atomic E-state index is 0.106. The van der Waals surface area contributed by atoms with Crippen LogP contribution in [0.5, 0.6) is 5.75 Å². The third kappa shape index (κ3) is 3.83. The molecule has 1 atom stereocenters. The predicted molar refractivity (Wildman–Crippen MR) is 101 cm³/mol. The van der Waals surface area contributed by atoms with Gasteiger partial charge >= 0.3 is 0 Å². The van der Waals surface area contributed by atoms with Gasteiger partial charge in [-0.3, -0.25) is 4.79 Å². The van der Waals surface area contributed by atoms with Crippen molar-refractivity contribution in [3.8, 4) is 17.2 Å². The van der Waals surface area contributed by atoms with Crippen molar-refractivity contribution in [1.29, 1.82) is 0 Å². The molecule has 1 aliphatic heterocycles. The van der Waals surface area contributed by atoms with Gasteiger partial charge < -0.3 is 14.2 Å². The maximum absolute atomic E-state index is 13.5. The predicted octanol–water partition coefficient (Wildman–Crippen LogP) is 4.04. The first-order valence-corrected chi connectivity index (χ1v) is 9.28. The van der Waals surface area contributed by atoms with Crippen LogP contribution in [0, 0.1) is 11.6 Å². The van der Waals surface area contributed by atoms with Crippen molar-refractivity contribution in [3.63, 3.8) is 0 Å². The van der Waals surface area contributed by atoms with Gasteiger partial charge in [-0.2, -0.15) is 4.98 Å². The Labute approximate surface area is 166 Å². The first kappa shape index (κ1) is 19.0. The SMILES string of the molecule is COc1ccccc1-c1nc(C2CCCN(C(=O)c3ccc(F)c(F)c3)C2)no1. The molecule has 0 N–H and O–H groups in total. The van der Waals surface area contributed by atoms with Crippen molar-refractivity contribution in [2.24, 2.45) is 0 Å². The van der Waals surface area contributed by atoms with E-state index in [1.54, 1.807) is 12.0 Å². The van der Waals surface area contributed by atoms with Crippen LogP contribution in [0.2, 0.25) is 0 Å². The Morgan fingerprint density at radius 3 is 2.83 bits per heavy atom. The molecule has 1 amide bonds. The molecule has 0 spiro atoms. The van der Waals surface area contributed by atoms with Gasteiger partial charge in [0.25, 0.3) is 11.8 Å². The van der Waals surface area contributed by atoms with Crippen molar-refractivity contribution in [2.75, 3.05) is 20.2 Å². The van der Waals surface area contributed by atoms with Gasteiger partial charge in [0.1, 0.15) is 5.75 Å². The summed E-state index contributed by atoms with van der Waals surface area (Å²) < 4.78 is 37.4. The van der Waals surface area contributed by atoms with Crippen molar-refractivity contribution >= 4 is 5.91 Å². The number of ether oxygens (including phenoxy) is 1. The largest absolute Gasteiger partial charge is 0.496 e. The molecule has 3 aromatic rings. The Morgan fingerprint density at radius 1 is 1.21 bits per heavy atom. The minimum atomic E-state index is -1.04. The normalized spacial score (nSPS) is 16.7. The Balaban J connectivity index is 1.52. The standard InChI is InChI=1S/C21H19F2N3O3/c1-28-18-7-3-2-6-15(18)20-24-19(25-29-20)14-5-4-10-26(12-14)21(27)13-8-9-16(22)17(23)11-13/h2-3,6-9,11,14H,4-5,10,12H2,1H3. The molecule has 29 heavy (non-hydrogen) atoms. The number of likely N-dealkylation sites (tertiary alicyclic amines) is 1. The number of halogens is 2. The summed E-state index contributed by atoms with van der Waals surface area (Å²) in [6.45, 7) is 0.911. The van der Waals surface area contributed by atoms with E-state index in [2.05, 4.69) is 10.1 Å². The van der Waals surface area contributed by atoms with Crippen molar-refractivity contribution in [3.05, 3.63) is 65.5 Å². The topological polar surface area (TPSA) is 68.5 Å². The summed E-state index contributed by atoms with van der Waals surface area (Å²) in [5.41, 5.74) is 0.812. The maximum atomic E-state index is 13.5. The van der Waals surface area contributed by atoms with Crippen molar-refractivity contribution in [1.82, 2.24) is 15.0 Å². The van der Waals surface area contributed by atoms with Gasteiger partial charge in [-0.05, 0) is 43.2 Å². The number of carbonyl (C=O) groups is 1. The van der Waals surface area contributed by atoms with Gasteiger partial charge in [0, 0.05) is 24.6 Å². The van der Waals surface area contributed by atoms with Crippen LogP contribution in [0.4, 0.5) is 8.78 Å².